The zero-order valence-electron chi connectivity index (χ0n) is 12.4. The fourth-order valence-electron chi connectivity index (χ4n) is 2.59. The van der Waals surface area contributed by atoms with Crippen molar-refractivity contribution in [1.82, 2.24) is 14.9 Å². The predicted molar refractivity (Wildman–Crippen MR) is 84.5 cm³/mol. The van der Waals surface area contributed by atoms with E-state index in [0.717, 1.165) is 38.7 Å². The van der Waals surface area contributed by atoms with Crippen molar-refractivity contribution >= 4 is 11.9 Å². The van der Waals surface area contributed by atoms with Crippen LogP contribution in [-0.2, 0) is 6.54 Å². The topological polar surface area (TPSA) is 75.4 Å². The fraction of sp³-hybridized carbons (Fsp3) is 0.312. The number of hydrogen-bond donors (Lipinski definition) is 1. The lowest BCUT2D eigenvalue weighted by Gasteiger charge is -2.34. The van der Waals surface area contributed by atoms with Gasteiger partial charge in [0, 0.05) is 50.7 Å². The SMILES string of the molecule is NC(=O)c1ccc(CN2CCN(c3ncccn3)CC2)cc1. The minimum atomic E-state index is -0.386. The molecule has 2 aromatic rings. The Kier molecular flexibility index (Phi) is 4.29. The summed E-state index contributed by atoms with van der Waals surface area (Å²) in [4.78, 5) is 24.2. The van der Waals surface area contributed by atoms with E-state index in [0.29, 0.717) is 5.56 Å². The Balaban J connectivity index is 1.54. The molecule has 6 nitrogen and oxygen atoms in total. The number of carbonyl (C=O) groups excluding carboxylic acids is 1. The van der Waals surface area contributed by atoms with Crippen molar-refractivity contribution in [1.29, 1.82) is 0 Å². The molecule has 0 bridgehead atoms. The number of hydrogen-bond acceptors (Lipinski definition) is 5. The molecule has 6 heteroatoms. The number of benzene rings is 1. The summed E-state index contributed by atoms with van der Waals surface area (Å²) in [6.07, 6.45) is 3.55. The normalized spacial score (nSPS) is 15.7. The van der Waals surface area contributed by atoms with Crippen LogP contribution in [0.1, 0.15) is 15.9 Å². The highest BCUT2D eigenvalue weighted by molar-refractivity contribution is 5.92. The van der Waals surface area contributed by atoms with Gasteiger partial charge in [0.1, 0.15) is 0 Å². The molecule has 0 aliphatic carbocycles. The number of amides is 1. The molecule has 22 heavy (non-hydrogen) atoms. The van der Waals surface area contributed by atoms with Crippen LogP contribution in [0.4, 0.5) is 5.95 Å². The van der Waals surface area contributed by atoms with Crippen molar-refractivity contribution in [3.05, 3.63) is 53.9 Å². The summed E-state index contributed by atoms with van der Waals surface area (Å²) in [5, 5.41) is 0. The smallest absolute Gasteiger partial charge is 0.248 e. The summed E-state index contributed by atoms with van der Waals surface area (Å²) in [6.45, 7) is 4.65. The molecule has 114 valence electrons. The van der Waals surface area contributed by atoms with Crippen molar-refractivity contribution < 1.29 is 4.79 Å². The van der Waals surface area contributed by atoms with E-state index in [9.17, 15) is 4.79 Å². The lowest BCUT2D eigenvalue weighted by Crippen LogP contribution is -2.46. The molecular formula is C16H19N5O. The first kappa shape index (κ1) is 14.5. The molecule has 0 saturated carbocycles. The maximum absolute atomic E-state index is 11.1. The summed E-state index contributed by atoms with van der Waals surface area (Å²) in [5.74, 6) is 0.413. The zero-order chi connectivity index (χ0) is 15.4. The van der Waals surface area contributed by atoms with Crippen molar-refractivity contribution in [2.45, 2.75) is 6.54 Å². The fourth-order valence-corrected chi connectivity index (χ4v) is 2.59. The predicted octanol–water partition coefficient (Wildman–Crippen LogP) is 0.898. The molecule has 3 rings (SSSR count). The molecule has 1 aliphatic rings. The minimum absolute atomic E-state index is 0.386. The van der Waals surface area contributed by atoms with Crippen LogP contribution in [0.3, 0.4) is 0 Å². The summed E-state index contributed by atoms with van der Waals surface area (Å²) in [5.41, 5.74) is 6.99. The Morgan fingerprint density at radius 3 is 2.27 bits per heavy atom. The Labute approximate surface area is 129 Å². The standard InChI is InChI=1S/C16H19N5O/c17-15(22)14-4-2-13(3-5-14)12-20-8-10-21(11-9-20)16-18-6-1-7-19-16/h1-7H,8-12H2,(H2,17,22). The van der Waals surface area contributed by atoms with Crippen molar-refractivity contribution in [3.63, 3.8) is 0 Å². The number of rotatable bonds is 4. The Morgan fingerprint density at radius 1 is 1.05 bits per heavy atom. The van der Waals surface area contributed by atoms with Gasteiger partial charge < -0.3 is 10.6 Å². The van der Waals surface area contributed by atoms with Gasteiger partial charge >= 0.3 is 0 Å². The van der Waals surface area contributed by atoms with E-state index >= 15 is 0 Å². The molecule has 1 aromatic heterocycles. The molecular weight excluding hydrogens is 278 g/mol. The van der Waals surface area contributed by atoms with Gasteiger partial charge in [-0.2, -0.15) is 0 Å². The summed E-state index contributed by atoms with van der Waals surface area (Å²) in [7, 11) is 0. The van der Waals surface area contributed by atoms with E-state index in [1.807, 2.05) is 18.2 Å². The van der Waals surface area contributed by atoms with Crippen LogP contribution >= 0.6 is 0 Å². The molecule has 1 amide bonds. The molecule has 1 saturated heterocycles. The van der Waals surface area contributed by atoms with E-state index in [1.54, 1.807) is 24.5 Å². The van der Waals surface area contributed by atoms with Crippen LogP contribution in [0.5, 0.6) is 0 Å². The van der Waals surface area contributed by atoms with E-state index < -0.39 is 0 Å². The van der Waals surface area contributed by atoms with Crippen LogP contribution in [0, 0.1) is 0 Å². The third-order valence-electron chi connectivity index (χ3n) is 3.85. The van der Waals surface area contributed by atoms with Gasteiger partial charge in [-0.3, -0.25) is 9.69 Å². The first-order chi connectivity index (χ1) is 10.7. The Hall–Kier alpha value is -2.47. The van der Waals surface area contributed by atoms with Crippen LogP contribution in [0.25, 0.3) is 0 Å². The number of nitrogens with two attached hydrogens (primary N) is 1. The van der Waals surface area contributed by atoms with Crippen LogP contribution < -0.4 is 10.6 Å². The van der Waals surface area contributed by atoms with E-state index in [2.05, 4.69) is 19.8 Å². The highest BCUT2D eigenvalue weighted by Gasteiger charge is 2.18. The molecule has 2 N–H and O–H groups in total. The number of nitrogens with zero attached hydrogens (tertiary/aromatic N) is 4. The number of piperazine rings is 1. The third kappa shape index (κ3) is 3.40. The highest BCUT2D eigenvalue weighted by Crippen LogP contribution is 2.13. The largest absolute Gasteiger partial charge is 0.366 e. The molecule has 0 unspecified atom stereocenters. The molecule has 0 radical (unpaired) electrons. The van der Waals surface area contributed by atoms with Gasteiger partial charge in [0.05, 0.1) is 0 Å². The molecule has 1 aliphatic heterocycles. The van der Waals surface area contributed by atoms with Crippen molar-refractivity contribution in [3.8, 4) is 0 Å². The first-order valence-electron chi connectivity index (χ1n) is 7.35. The second-order valence-corrected chi connectivity index (χ2v) is 5.37. The quantitative estimate of drug-likeness (QED) is 0.907. The van der Waals surface area contributed by atoms with Gasteiger partial charge in [0.25, 0.3) is 0 Å². The maximum Gasteiger partial charge on any atom is 0.248 e. The number of aromatic nitrogens is 2. The average molecular weight is 297 g/mol. The van der Waals surface area contributed by atoms with Crippen LogP contribution in [0.15, 0.2) is 42.7 Å². The third-order valence-corrected chi connectivity index (χ3v) is 3.85. The molecule has 1 fully saturated rings. The second-order valence-electron chi connectivity index (χ2n) is 5.37. The first-order valence-corrected chi connectivity index (χ1v) is 7.35. The van der Waals surface area contributed by atoms with Gasteiger partial charge in [-0.05, 0) is 23.8 Å². The molecule has 2 heterocycles. The molecule has 1 aromatic carbocycles. The Bertz CT molecular complexity index is 621. The lowest BCUT2D eigenvalue weighted by atomic mass is 10.1. The van der Waals surface area contributed by atoms with Gasteiger partial charge in [-0.1, -0.05) is 12.1 Å². The van der Waals surface area contributed by atoms with Gasteiger partial charge in [0.2, 0.25) is 11.9 Å². The van der Waals surface area contributed by atoms with Gasteiger partial charge in [0.15, 0.2) is 0 Å². The lowest BCUT2D eigenvalue weighted by molar-refractivity contribution is 0.100. The summed E-state index contributed by atoms with van der Waals surface area (Å²) in [6, 6.07) is 9.33. The molecule has 0 atom stereocenters. The second kappa shape index (κ2) is 6.53. The monoisotopic (exact) mass is 297 g/mol. The van der Waals surface area contributed by atoms with Crippen LogP contribution in [0.2, 0.25) is 0 Å². The average Bonchev–Trinajstić information content (AvgIpc) is 2.57. The number of carbonyl (C=O) groups is 1. The highest BCUT2D eigenvalue weighted by atomic mass is 16.1. The number of primary amides is 1. The Morgan fingerprint density at radius 2 is 1.68 bits per heavy atom. The van der Waals surface area contributed by atoms with Crippen molar-refractivity contribution in [2.24, 2.45) is 5.73 Å². The maximum atomic E-state index is 11.1. The van der Waals surface area contributed by atoms with Gasteiger partial charge in [-0.15, -0.1) is 0 Å². The minimum Gasteiger partial charge on any atom is -0.366 e. The zero-order valence-corrected chi connectivity index (χ0v) is 12.4. The van der Waals surface area contributed by atoms with Gasteiger partial charge in [-0.25, -0.2) is 9.97 Å². The summed E-state index contributed by atoms with van der Waals surface area (Å²) < 4.78 is 0. The van der Waals surface area contributed by atoms with E-state index in [4.69, 9.17) is 5.73 Å². The van der Waals surface area contributed by atoms with E-state index in [1.165, 1.54) is 5.56 Å². The summed E-state index contributed by atoms with van der Waals surface area (Å²) >= 11 is 0. The van der Waals surface area contributed by atoms with Crippen LogP contribution in [-0.4, -0.2) is 47.0 Å². The number of anilines is 1. The van der Waals surface area contributed by atoms with Crippen molar-refractivity contribution in [2.75, 3.05) is 31.1 Å². The molecule has 0 spiro atoms. The van der Waals surface area contributed by atoms with E-state index in [-0.39, 0.29) is 5.91 Å².